The van der Waals surface area contributed by atoms with E-state index in [9.17, 15) is 0 Å². The topological polar surface area (TPSA) is 9.23 Å². The summed E-state index contributed by atoms with van der Waals surface area (Å²) >= 11 is -2.30. The quantitative estimate of drug-likeness (QED) is 0.324. The van der Waals surface area contributed by atoms with Crippen molar-refractivity contribution in [1.29, 1.82) is 0 Å². The zero-order valence-electron chi connectivity index (χ0n) is 18.7. The van der Waals surface area contributed by atoms with Crippen LogP contribution in [0.1, 0.15) is 43.9 Å². The third-order valence-corrected chi connectivity index (χ3v) is 9.12. The van der Waals surface area contributed by atoms with Crippen LogP contribution in [-0.4, -0.2) is 3.81 Å². The number of halogens is 2. The SMILES string of the molecule is CC(C)(C)c1cccc([O][Ti]([C]2=CC=CC2)=[C](c2ccccc2)c2ccccc2)c1.Cl.Cl. The maximum Gasteiger partial charge on any atom is -0.147 e. The normalized spacial score (nSPS) is 12.3. The van der Waals surface area contributed by atoms with E-state index >= 15 is 0 Å². The van der Waals surface area contributed by atoms with Crippen molar-refractivity contribution in [2.24, 2.45) is 0 Å². The zero-order valence-corrected chi connectivity index (χ0v) is 21.9. The molecule has 1 aliphatic rings. The Morgan fingerprint density at radius 3 is 1.88 bits per heavy atom. The number of benzene rings is 3. The van der Waals surface area contributed by atoms with Gasteiger partial charge in [0.05, 0.1) is 0 Å². The van der Waals surface area contributed by atoms with Gasteiger partial charge < -0.3 is 0 Å². The molecule has 0 saturated heterocycles. The molecule has 1 nitrogen and oxygen atoms in total. The Kier molecular flexibility index (Phi) is 9.73. The van der Waals surface area contributed by atoms with Crippen LogP contribution in [0.25, 0.3) is 0 Å². The van der Waals surface area contributed by atoms with Crippen LogP contribution in [0.4, 0.5) is 0 Å². The molecule has 0 bridgehead atoms. The maximum atomic E-state index is 6.93. The van der Waals surface area contributed by atoms with Crippen LogP contribution < -0.4 is 3.32 Å². The van der Waals surface area contributed by atoms with Crippen molar-refractivity contribution in [3.05, 3.63) is 124 Å². The van der Waals surface area contributed by atoms with Crippen molar-refractivity contribution in [3.8, 4) is 5.75 Å². The van der Waals surface area contributed by atoms with Gasteiger partial charge in [0.1, 0.15) is 0 Å². The van der Waals surface area contributed by atoms with Crippen LogP contribution in [0.2, 0.25) is 0 Å². The van der Waals surface area contributed by atoms with E-state index < -0.39 is 17.8 Å². The van der Waals surface area contributed by atoms with E-state index in [1.165, 1.54) is 24.4 Å². The van der Waals surface area contributed by atoms with Crippen LogP contribution in [-0.2, 0) is 23.2 Å². The summed E-state index contributed by atoms with van der Waals surface area (Å²) in [4.78, 5) is 0. The number of hydrogen-bond donors (Lipinski definition) is 0. The molecule has 32 heavy (non-hydrogen) atoms. The van der Waals surface area contributed by atoms with E-state index in [-0.39, 0.29) is 30.2 Å². The van der Waals surface area contributed by atoms with E-state index in [0.29, 0.717) is 0 Å². The van der Waals surface area contributed by atoms with Gasteiger partial charge in [-0.3, -0.25) is 0 Å². The molecule has 0 spiro atoms. The molecule has 0 amide bonds. The molecule has 0 unspecified atom stereocenters. The van der Waals surface area contributed by atoms with E-state index in [2.05, 4.69) is 124 Å². The molecule has 3 aromatic carbocycles. The van der Waals surface area contributed by atoms with Gasteiger partial charge >= 0.3 is 187 Å². The second-order valence-corrected chi connectivity index (χ2v) is 11.8. The second kappa shape index (κ2) is 11.8. The minimum absolute atomic E-state index is 0. The first kappa shape index (κ1) is 26.4. The fourth-order valence-electron chi connectivity index (χ4n) is 3.68. The Labute approximate surface area is 210 Å². The Morgan fingerprint density at radius 2 is 1.38 bits per heavy atom. The van der Waals surface area contributed by atoms with Crippen molar-refractivity contribution in [1.82, 2.24) is 0 Å². The van der Waals surface area contributed by atoms with Crippen molar-refractivity contribution in [3.63, 3.8) is 0 Å². The van der Waals surface area contributed by atoms with Crippen molar-refractivity contribution in [2.45, 2.75) is 32.6 Å². The van der Waals surface area contributed by atoms with Crippen LogP contribution >= 0.6 is 24.8 Å². The molecule has 4 heteroatoms. The smallest absolute Gasteiger partial charge is 0.147 e. The molecule has 0 fully saturated rings. The van der Waals surface area contributed by atoms with Gasteiger partial charge in [0.2, 0.25) is 0 Å². The Bertz CT molecular complexity index is 1070. The molecule has 0 N–H and O–H groups in total. The van der Waals surface area contributed by atoms with Gasteiger partial charge in [-0.15, -0.1) is 24.8 Å². The summed E-state index contributed by atoms with van der Waals surface area (Å²) in [6.45, 7) is 6.74. The molecule has 0 radical (unpaired) electrons. The van der Waals surface area contributed by atoms with E-state index in [4.69, 9.17) is 3.32 Å². The Balaban J connectivity index is 0.00000181. The summed E-state index contributed by atoms with van der Waals surface area (Å²) < 4.78 is 9.74. The summed E-state index contributed by atoms with van der Waals surface area (Å²) in [6, 6.07) is 30.2. The van der Waals surface area contributed by atoms with Gasteiger partial charge in [-0.25, -0.2) is 0 Å². The van der Waals surface area contributed by atoms with Gasteiger partial charge in [0, 0.05) is 0 Å². The first-order valence-corrected chi connectivity index (χ1v) is 12.7. The number of hydrogen-bond acceptors (Lipinski definition) is 1. The zero-order chi connectivity index (χ0) is 21.0. The van der Waals surface area contributed by atoms with Crippen LogP contribution in [0.15, 0.2) is 107 Å². The summed E-state index contributed by atoms with van der Waals surface area (Å²) in [5, 5.41) is 0. The molecule has 1 aliphatic carbocycles. The molecule has 0 aliphatic heterocycles. The average Bonchev–Trinajstić information content (AvgIpc) is 3.29. The molecule has 0 saturated carbocycles. The second-order valence-electron chi connectivity index (χ2n) is 8.64. The van der Waals surface area contributed by atoms with E-state index in [1.54, 1.807) is 0 Å². The minimum atomic E-state index is -2.30. The maximum absolute atomic E-state index is 6.93. The van der Waals surface area contributed by atoms with E-state index in [0.717, 1.165) is 12.2 Å². The molecular weight excluding hydrogens is 471 g/mol. The third kappa shape index (κ3) is 6.33. The van der Waals surface area contributed by atoms with Gasteiger partial charge in [0.15, 0.2) is 0 Å². The molecule has 0 atom stereocenters. The first-order valence-electron chi connectivity index (χ1n) is 10.5. The summed E-state index contributed by atoms with van der Waals surface area (Å²) in [7, 11) is 0. The molecule has 4 rings (SSSR count). The van der Waals surface area contributed by atoms with Gasteiger partial charge in [-0.1, -0.05) is 0 Å². The summed E-state index contributed by atoms with van der Waals surface area (Å²) in [5.74, 6) is 0.981. The van der Waals surface area contributed by atoms with Gasteiger partial charge in [0.25, 0.3) is 0 Å². The van der Waals surface area contributed by atoms with Crippen molar-refractivity contribution >= 4 is 28.6 Å². The fourth-order valence-corrected chi connectivity index (χ4v) is 7.31. The van der Waals surface area contributed by atoms with E-state index in [1.807, 2.05) is 0 Å². The van der Waals surface area contributed by atoms with Crippen LogP contribution in [0, 0.1) is 0 Å². The van der Waals surface area contributed by atoms with Crippen molar-refractivity contribution < 1.29 is 21.1 Å². The standard InChI is InChI=1S/C13H10.C10H14O.C5H5.2ClH.Ti/c1-3-7-12(8-4-1)11-13-9-5-2-6-10-13;1-10(2,3)8-5-4-6-9(11)7-8;1-2-4-5-3-1;;;/h1-10H;4-7,11H,1-3H3;1-3H,4H2;2*1H;/q;;;;;+1/p-1. The number of rotatable bonds is 5. The summed E-state index contributed by atoms with van der Waals surface area (Å²) in [5.41, 5.74) is 3.92. The minimum Gasteiger partial charge on any atom is -0.147 e. The molecule has 0 heterocycles. The predicted octanol–water partition coefficient (Wildman–Crippen LogP) is 7.85. The summed E-state index contributed by atoms with van der Waals surface area (Å²) in [6.07, 6.45) is 7.67. The van der Waals surface area contributed by atoms with Crippen LogP contribution in [0.5, 0.6) is 5.75 Å². The van der Waals surface area contributed by atoms with Gasteiger partial charge in [-0.05, 0) is 0 Å². The monoisotopic (exact) mass is 500 g/mol. The fraction of sp³-hybridized carbons (Fsp3) is 0.179. The Morgan fingerprint density at radius 1 is 0.781 bits per heavy atom. The molecule has 3 aromatic rings. The van der Waals surface area contributed by atoms with Gasteiger partial charge in [-0.2, -0.15) is 0 Å². The first-order chi connectivity index (χ1) is 14.5. The largest absolute Gasteiger partial charge is 0.147 e. The van der Waals surface area contributed by atoms with Crippen LogP contribution in [0.3, 0.4) is 0 Å². The van der Waals surface area contributed by atoms with Crippen molar-refractivity contribution in [2.75, 3.05) is 0 Å². The molecular formula is C28H30Cl2OTi. The number of allylic oxidation sites excluding steroid dienone is 4. The predicted molar refractivity (Wildman–Crippen MR) is 138 cm³/mol. The third-order valence-electron chi connectivity index (χ3n) is 5.33. The molecule has 0 aromatic heterocycles. The average molecular weight is 501 g/mol. The Hall–Kier alpha value is -1.90. The molecule has 166 valence electrons.